The van der Waals surface area contributed by atoms with Crippen LogP contribution >= 0.6 is 11.3 Å². The van der Waals surface area contributed by atoms with Gasteiger partial charge in [-0.2, -0.15) is 42.3 Å². The largest absolute Gasteiger partial charge is 4.00 e. The number of benzene rings is 4. The molecule has 0 radical (unpaired) electrons. The molecule has 1 atom stereocenters. The molecule has 0 fully saturated rings. The van der Waals surface area contributed by atoms with Crippen molar-refractivity contribution in [2.75, 3.05) is 42.3 Å². The summed E-state index contributed by atoms with van der Waals surface area (Å²) >= 11 is 1.72. The molecule has 0 amide bonds. The van der Waals surface area contributed by atoms with Gasteiger partial charge < -0.3 is 21.3 Å². The summed E-state index contributed by atoms with van der Waals surface area (Å²) in [6.45, 7) is 15.7. The summed E-state index contributed by atoms with van der Waals surface area (Å²) in [5.74, 6) is 0.770. The van der Waals surface area contributed by atoms with Crippen LogP contribution in [0.2, 0.25) is 0 Å². The zero-order valence-corrected chi connectivity index (χ0v) is 35.8. The van der Waals surface area contributed by atoms with E-state index in [0.29, 0.717) is 11.8 Å². The third kappa shape index (κ3) is 11.7. The second-order valence-electron chi connectivity index (χ2n) is 12.4. The number of hydrogen-bond acceptors (Lipinski definition) is 2. The Morgan fingerprint density at radius 2 is 1.12 bits per heavy atom. The fraction of sp³-hybridized carbons (Fsp3) is 0.390. The van der Waals surface area contributed by atoms with E-state index in [4.69, 9.17) is 10.3 Å². The van der Waals surface area contributed by atoms with Crippen LogP contribution < -0.4 is 0 Å². The fourth-order valence-corrected chi connectivity index (χ4v) is 6.50. The molecule has 5 aromatic rings. The SMILES string of the molecule is C[N-]C.C[N-]C.C[N-]C.Cc1cc(C)c(C([N-]c2c(C(C)C)cccc2C(C)C)c2nc(-c3cccc4ccccc34)cs2)c(C)c1.[Hf+4]. The molecule has 48 heavy (non-hydrogen) atoms. The molecule has 0 spiro atoms. The van der Waals surface area contributed by atoms with Gasteiger partial charge in [0, 0.05) is 10.9 Å². The molecule has 7 heteroatoms. The minimum absolute atomic E-state index is 0. The van der Waals surface area contributed by atoms with Crippen LogP contribution in [0.4, 0.5) is 5.69 Å². The van der Waals surface area contributed by atoms with E-state index >= 15 is 0 Å². The molecule has 0 saturated carbocycles. The monoisotopic (exact) mass is 829 g/mol. The first-order chi connectivity index (χ1) is 22.5. The zero-order valence-electron chi connectivity index (χ0n) is 31.4. The summed E-state index contributed by atoms with van der Waals surface area (Å²) in [5.41, 5.74) is 11.0. The first-order valence-corrected chi connectivity index (χ1v) is 17.2. The maximum absolute atomic E-state index is 5.61. The van der Waals surface area contributed by atoms with Gasteiger partial charge in [-0.25, -0.2) is 4.98 Å². The number of fused-ring (bicyclic) bond motifs is 1. The van der Waals surface area contributed by atoms with Gasteiger partial charge in [-0.05, 0) is 66.1 Å². The molecule has 1 unspecified atom stereocenters. The smallest absolute Gasteiger partial charge is 0.672 e. The van der Waals surface area contributed by atoms with E-state index in [-0.39, 0.29) is 31.9 Å². The summed E-state index contributed by atoms with van der Waals surface area (Å²) in [5, 5.41) is 21.8. The van der Waals surface area contributed by atoms with Crippen LogP contribution in [-0.2, 0) is 25.8 Å². The number of thiazole rings is 1. The van der Waals surface area contributed by atoms with Gasteiger partial charge >= 0.3 is 25.8 Å². The van der Waals surface area contributed by atoms with Crippen LogP contribution in [0.3, 0.4) is 0 Å². The zero-order chi connectivity index (χ0) is 35.1. The van der Waals surface area contributed by atoms with Crippen LogP contribution in [0.25, 0.3) is 43.3 Å². The Balaban J connectivity index is 0.00000104. The van der Waals surface area contributed by atoms with Gasteiger partial charge in [0.25, 0.3) is 0 Å². The molecule has 254 valence electrons. The van der Waals surface area contributed by atoms with Crippen LogP contribution in [0, 0.1) is 20.8 Å². The first-order valence-electron chi connectivity index (χ1n) is 16.3. The van der Waals surface area contributed by atoms with Crippen LogP contribution in [0.5, 0.6) is 0 Å². The third-order valence-corrected chi connectivity index (χ3v) is 8.33. The second kappa shape index (κ2) is 22.1. The van der Waals surface area contributed by atoms with E-state index in [1.807, 2.05) is 0 Å². The molecular formula is C41H55HfN5S. The number of para-hydroxylation sites is 1. The Labute approximate surface area is 314 Å². The van der Waals surface area contributed by atoms with E-state index in [9.17, 15) is 0 Å². The minimum atomic E-state index is -0.165. The molecule has 5 rings (SSSR count). The van der Waals surface area contributed by atoms with E-state index in [2.05, 4.69) is 143 Å². The molecule has 4 aromatic carbocycles. The van der Waals surface area contributed by atoms with Gasteiger partial charge in [0.15, 0.2) is 0 Å². The molecular weight excluding hydrogens is 773 g/mol. The van der Waals surface area contributed by atoms with Crippen molar-refractivity contribution in [3.63, 3.8) is 0 Å². The quantitative estimate of drug-likeness (QED) is 0.151. The van der Waals surface area contributed by atoms with Gasteiger partial charge in [0.05, 0.1) is 10.7 Å². The van der Waals surface area contributed by atoms with Gasteiger partial charge in [0.2, 0.25) is 0 Å². The summed E-state index contributed by atoms with van der Waals surface area (Å²) in [7, 11) is 10.5. The number of aryl methyl sites for hydroxylation is 3. The Bertz CT molecular complexity index is 1600. The molecule has 5 nitrogen and oxygen atoms in total. The maximum atomic E-state index is 5.61. The Kier molecular flexibility index (Phi) is 20.0. The molecule has 0 N–H and O–H groups in total. The van der Waals surface area contributed by atoms with Gasteiger partial charge in [-0.15, -0.1) is 17.0 Å². The predicted molar refractivity (Wildman–Crippen MR) is 211 cm³/mol. The van der Waals surface area contributed by atoms with Gasteiger partial charge in [-0.1, -0.05) is 117 Å². The molecule has 0 bridgehead atoms. The number of hydrogen-bond donors (Lipinski definition) is 0. The van der Waals surface area contributed by atoms with Gasteiger partial charge in [-0.3, -0.25) is 0 Å². The van der Waals surface area contributed by atoms with Crippen molar-refractivity contribution in [1.29, 1.82) is 0 Å². The van der Waals surface area contributed by atoms with E-state index in [1.54, 1.807) is 53.6 Å². The number of nitrogens with zero attached hydrogens (tertiary/aromatic N) is 5. The summed E-state index contributed by atoms with van der Waals surface area (Å²) in [6, 6.07) is 26.1. The van der Waals surface area contributed by atoms with Crippen LogP contribution in [0.15, 0.2) is 78.2 Å². The Morgan fingerprint density at radius 1 is 0.646 bits per heavy atom. The van der Waals surface area contributed by atoms with Crippen molar-refractivity contribution in [2.24, 2.45) is 0 Å². The first kappa shape index (κ1) is 43.3. The van der Waals surface area contributed by atoms with Gasteiger partial charge in [0.1, 0.15) is 0 Å². The topological polar surface area (TPSA) is 69.3 Å². The second-order valence-corrected chi connectivity index (χ2v) is 13.3. The molecule has 0 aliphatic rings. The van der Waals surface area contributed by atoms with Crippen molar-refractivity contribution < 1.29 is 25.8 Å². The average molecular weight is 828 g/mol. The maximum Gasteiger partial charge on any atom is 4.00 e. The van der Waals surface area contributed by atoms with Crippen LogP contribution in [-0.4, -0.2) is 47.3 Å². The molecule has 0 aliphatic carbocycles. The molecule has 1 aromatic heterocycles. The van der Waals surface area contributed by atoms with Crippen LogP contribution in [0.1, 0.15) is 84.0 Å². The Morgan fingerprint density at radius 3 is 1.65 bits per heavy atom. The third-order valence-electron chi connectivity index (χ3n) is 7.43. The standard InChI is InChI=1S/C35H37N2S.3C2H6N.Hf/c1-21(2)27-15-11-16-28(22(3)4)33(27)37-34(32-24(6)18-23(5)19-25(32)7)35-36-31(20-38-35)30-17-10-13-26-12-8-9-14-29(26)30;3*1-3-2;/h8-22,34H,1-7H3;3*1-2H3;/q4*-1;+4. The Hall–Kier alpha value is -2.68. The normalized spacial score (nSPS) is 11.0. The van der Waals surface area contributed by atoms with E-state index < -0.39 is 0 Å². The van der Waals surface area contributed by atoms with Crippen molar-refractivity contribution in [3.05, 3.63) is 138 Å². The van der Waals surface area contributed by atoms with E-state index in [1.165, 1.54) is 49.7 Å². The predicted octanol–water partition coefficient (Wildman–Crippen LogP) is 12.8. The number of rotatable bonds is 7. The fourth-order valence-electron chi connectivity index (χ4n) is 5.64. The van der Waals surface area contributed by atoms with Crippen molar-refractivity contribution in [1.82, 2.24) is 4.98 Å². The summed E-state index contributed by atoms with van der Waals surface area (Å²) in [4.78, 5) is 5.28. The molecule has 0 saturated heterocycles. The minimum Gasteiger partial charge on any atom is -0.672 e. The average Bonchev–Trinajstić information content (AvgIpc) is 3.51. The molecule has 1 heterocycles. The summed E-state index contributed by atoms with van der Waals surface area (Å²) in [6.07, 6.45) is 0. The van der Waals surface area contributed by atoms with Crippen molar-refractivity contribution in [3.8, 4) is 11.3 Å². The number of aromatic nitrogens is 1. The van der Waals surface area contributed by atoms with E-state index in [0.717, 1.165) is 16.4 Å². The molecule has 0 aliphatic heterocycles. The van der Waals surface area contributed by atoms with Crippen molar-refractivity contribution >= 4 is 27.8 Å². The summed E-state index contributed by atoms with van der Waals surface area (Å²) < 4.78 is 0. The van der Waals surface area contributed by atoms with Crippen molar-refractivity contribution in [2.45, 2.75) is 66.3 Å².